The first kappa shape index (κ1) is 10.9. The van der Waals surface area contributed by atoms with Crippen LogP contribution in [0.5, 0.6) is 0 Å². The molecule has 17 heavy (non-hydrogen) atoms. The number of aromatic amines is 1. The van der Waals surface area contributed by atoms with Gasteiger partial charge in [0.2, 0.25) is 0 Å². The molecular formula is C12H9Br2N3. The van der Waals surface area contributed by atoms with Gasteiger partial charge >= 0.3 is 0 Å². The third-order valence-electron chi connectivity index (χ3n) is 2.77. The molecule has 5 N–H and O–H groups in total. The predicted octanol–water partition coefficient (Wildman–Crippen LogP) is 4.01. The van der Waals surface area contributed by atoms with Crippen LogP contribution in [0.4, 0.5) is 11.4 Å². The number of hydrogen-bond donors (Lipinski definition) is 3. The summed E-state index contributed by atoms with van der Waals surface area (Å²) in [5, 5.41) is 2.14. The van der Waals surface area contributed by atoms with E-state index in [1.165, 1.54) is 0 Å². The summed E-state index contributed by atoms with van der Waals surface area (Å²) in [7, 11) is 0. The molecule has 0 aliphatic carbocycles. The standard InChI is InChI=1S/C12H9Br2N3/c13-9-3-5(15)1-7-8-2-6(16)4-10(14)12(8)17-11(7)9/h1-4,17H,15-16H2. The molecule has 0 atom stereocenters. The fourth-order valence-electron chi connectivity index (χ4n) is 2.06. The van der Waals surface area contributed by atoms with Crippen LogP contribution in [0.1, 0.15) is 0 Å². The number of nitrogen functional groups attached to an aromatic ring is 2. The van der Waals surface area contributed by atoms with Gasteiger partial charge in [0.1, 0.15) is 0 Å². The van der Waals surface area contributed by atoms with Gasteiger partial charge in [0.05, 0.1) is 11.0 Å². The summed E-state index contributed by atoms with van der Waals surface area (Å²) in [5.41, 5.74) is 15.2. The molecule has 3 nitrogen and oxygen atoms in total. The zero-order valence-electron chi connectivity index (χ0n) is 8.72. The molecule has 0 amide bonds. The Kier molecular flexibility index (Phi) is 2.34. The fraction of sp³-hybridized carbons (Fsp3) is 0. The van der Waals surface area contributed by atoms with E-state index in [-0.39, 0.29) is 0 Å². The highest BCUT2D eigenvalue weighted by Crippen LogP contribution is 2.36. The van der Waals surface area contributed by atoms with Gasteiger partial charge < -0.3 is 16.5 Å². The largest absolute Gasteiger partial charge is 0.399 e. The molecule has 0 saturated heterocycles. The van der Waals surface area contributed by atoms with Crippen LogP contribution in [0.25, 0.3) is 21.8 Å². The Morgan fingerprint density at radius 2 is 1.18 bits per heavy atom. The molecule has 3 aromatic rings. The molecule has 0 radical (unpaired) electrons. The summed E-state index contributed by atoms with van der Waals surface area (Å²) in [6, 6.07) is 7.67. The van der Waals surface area contributed by atoms with Gasteiger partial charge in [-0.1, -0.05) is 0 Å². The van der Waals surface area contributed by atoms with Crippen molar-refractivity contribution in [2.45, 2.75) is 0 Å². The van der Waals surface area contributed by atoms with Crippen molar-refractivity contribution in [1.82, 2.24) is 4.98 Å². The lowest BCUT2D eigenvalue weighted by Crippen LogP contribution is -1.85. The van der Waals surface area contributed by atoms with Crippen LogP contribution in [0, 0.1) is 0 Å². The monoisotopic (exact) mass is 353 g/mol. The third kappa shape index (κ3) is 1.61. The highest BCUT2D eigenvalue weighted by Gasteiger charge is 2.10. The highest BCUT2D eigenvalue weighted by atomic mass is 79.9. The zero-order chi connectivity index (χ0) is 12.2. The Bertz CT molecular complexity index is 684. The summed E-state index contributed by atoms with van der Waals surface area (Å²) in [4.78, 5) is 3.36. The minimum atomic E-state index is 0.726. The van der Waals surface area contributed by atoms with Crippen molar-refractivity contribution in [2.75, 3.05) is 11.5 Å². The second-order valence-corrected chi connectivity index (χ2v) is 5.68. The van der Waals surface area contributed by atoms with Crippen molar-refractivity contribution in [1.29, 1.82) is 0 Å². The minimum absolute atomic E-state index is 0.726. The molecule has 0 spiro atoms. The Morgan fingerprint density at radius 1 is 0.765 bits per heavy atom. The predicted molar refractivity (Wildman–Crippen MR) is 80.0 cm³/mol. The first-order valence-electron chi connectivity index (χ1n) is 5.01. The van der Waals surface area contributed by atoms with Gasteiger partial charge in [0.15, 0.2) is 0 Å². The van der Waals surface area contributed by atoms with Crippen LogP contribution >= 0.6 is 31.9 Å². The van der Waals surface area contributed by atoms with Crippen molar-refractivity contribution in [3.05, 3.63) is 33.2 Å². The molecule has 0 unspecified atom stereocenters. The summed E-state index contributed by atoms with van der Waals surface area (Å²) < 4.78 is 1.91. The van der Waals surface area contributed by atoms with Crippen molar-refractivity contribution in [3.63, 3.8) is 0 Å². The van der Waals surface area contributed by atoms with Crippen molar-refractivity contribution < 1.29 is 0 Å². The van der Waals surface area contributed by atoms with Gasteiger partial charge in [-0.2, -0.15) is 0 Å². The lowest BCUT2D eigenvalue weighted by Gasteiger charge is -1.98. The van der Waals surface area contributed by atoms with Crippen LogP contribution in [0.15, 0.2) is 33.2 Å². The number of anilines is 2. The molecule has 0 aliphatic rings. The first-order chi connectivity index (χ1) is 8.06. The van der Waals surface area contributed by atoms with Crippen LogP contribution in [-0.2, 0) is 0 Å². The summed E-state index contributed by atoms with van der Waals surface area (Å²) in [6.07, 6.45) is 0. The fourth-order valence-corrected chi connectivity index (χ4v) is 3.21. The molecule has 3 rings (SSSR count). The van der Waals surface area contributed by atoms with Crippen molar-refractivity contribution in [2.24, 2.45) is 0 Å². The molecule has 86 valence electrons. The Hall–Kier alpha value is -1.20. The molecule has 0 saturated carbocycles. The van der Waals surface area contributed by atoms with E-state index in [1.807, 2.05) is 24.3 Å². The molecule has 0 aliphatic heterocycles. The smallest absolute Gasteiger partial charge is 0.0611 e. The van der Waals surface area contributed by atoms with Gasteiger partial charge in [-0.25, -0.2) is 0 Å². The number of nitrogens with two attached hydrogens (primary N) is 2. The maximum absolute atomic E-state index is 5.86. The molecule has 1 aromatic heterocycles. The molecule has 2 aromatic carbocycles. The van der Waals surface area contributed by atoms with E-state index in [4.69, 9.17) is 11.5 Å². The normalized spacial score (nSPS) is 11.4. The Labute approximate surface area is 114 Å². The SMILES string of the molecule is Nc1cc(Br)c2[nH]c3c(Br)cc(N)cc3c2c1. The second-order valence-electron chi connectivity index (χ2n) is 3.98. The third-order valence-corrected chi connectivity index (χ3v) is 4.02. The number of rotatable bonds is 0. The number of benzene rings is 2. The van der Waals surface area contributed by atoms with E-state index in [1.54, 1.807) is 0 Å². The van der Waals surface area contributed by atoms with E-state index < -0.39 is 0 Å². The summed E-state index contributed by atoms with van der Waals surface area (Å²) in [6.45, 7) is 0. The zero-order valence-corrected chi connectivity index (χ0v) is 11.9. The molecule has 0 bridgehead atoms. The highest BCUT2D eigenvalue weighted by molar-refractivity contribution is 9.11. The maximum Gasteiger partial charge on any atom is 0.0611 e. The van der Waals surface area contributed by atoms with E-state index in [0.29, 0.717) is 0 Å². The second kappa shape index (κ2) is 3.65. The number of H-pyrrole nitrogens is 1. The number of aromatic nitrogens is 1. The van der Waals surface area contributed by atoms with Gasteiger partial charge in [-0.3, -0.25) is 0 Å². The van der Waals surface area contributed by atoms with E-state index in [0.717, 1.165) is 42.1 Å². The van der Waals surface area contributed by atoms with Gasteiger partial charge in [-0.05, 0) is 56.1 Å². The van der Waals surface area contributed by atoms with Crippen LogP contribution in [0.3, 0.4) is 0 Å². The van der Waals surface area contributed by atoms with Crippen LogP contribution < -0.4 is 11.5 Å². The van der Waals surface area contributed by atoms with Gasteiger partial charge in [0.25, 0.3) is 0 Å². The number of hydrogen-bond acceptors (Lipinski definition) is 2. The van der Waals surface area contributed by atoms with Crippen molar-refractivity contribution >= 4 is 65.0 Å². The lowest BCUT2D eigenvalue weighted by atomic mass is 10.1. The summed E-state index contributed by atoms with van der Waals surface area (Å²) >= 11 is 7.02. The average Bonchev–Trinajstić information content (AvgIpc) is 2.58. The van der Waals surface area contributed by atoms with E-state index >= 15 is 0 Å². The molecular weight excluding hydrogens is 346 g/mol. The minimum Gasteiger partial charge on any atom is -0.399 e. The number of nitrogens with one attached hydrogen (secondary N) is 1. The van der Waals surface area contributed by atoms with Crippen LogP contribution in [-0.4, -0.2) is 4.98 Å². The Balaban J connectivity index is 2.60. The van der Waals surface area contributed by atoms with Crippen LogP contribution in [0.2, 0.25) is 0 Å². The van der Waals surface area contributed by atoms with Gasteiger partial charge in [-0.15, -0.1) is 0 Å². The lowest BCUT2D eigenvalue weighted by molar-refractivity contribution is 1.51. The summed E-state index contributed by atoms with van der Waals surface area (Å²) in [5.74, 6) is 0. The maximum atomic E-state index is 5.86. The van der Waals surface area contributed by atoms with E-state index in [2.05, 4.69) is 36.8 Å². The first-order valence-corrected chi connectivity index (χ1v) is 6.60. The quantitative estimate of drug-likeness (QED) is 0.534. The number of fused-ring (bicyclic) bond motifs is 3. The topological polar surface area (TPSA) is 67.8 Å². The van der Waals surface area contributed by atoms with E-state index in [9.17, 15) is 0 Å². The number of halogens is 2. The van der Waals surface area contributed by atoms with Crippen molar-refractivity contribution in [3.8, 4) is 0 Å². The molecule has 5 heteroatoms. The van der Waals surface area contributed by atoms with Gasteiger partial charge in [0, 0.05) is 31.1 Å². The Morgan fingerprint density at radius 3 is 1.59 bits per heavy atom. The molecule has 0 fully saturated rings. The average molecular weight is 355 g/mol. The molecule has 1 heterocycles.